The smallest absolute Gasteiger partial charge is 0.374 e. The highest BCUT2D eigenvalue weighted by molar-refractivity contribution is 6.30. The lowest BCUT2D eigenvalue weighted by atomic mass is 10.1. The van der Waals surface area contributed by atoms with Crippen LogP contribution in [0.2, 0.25) is 5.02 Å². The Balaban J connectivity index is 2.50. The van der Waals surface area contributed by atoms with Crippen LogP contribution in [0, 0.1) is 0 Å². The molecule has 1 heterocycles. The molecule has 2 aromatic rings. The quantitative estimate of drug-likeness (QED) is 0.686. The molecule has 0 aliphatic rings. The molecule has 1 aromatic heterocycles. The minimum Gasteiger partial charge on any atom is -0.415 e. The number of pyridine rings is 1. The van der Waals surface area contributed by atoms with E-state index >= 15 is 0 Å². The SMILES string of the molecule is O=c1ccc(-c2ccc(Cl)cc2)c[n]1[AlH2]. The van der Waals surface area contributed by atoms with E-state index in [4.69, 9.17) is 11.6 Å². The summed E-state index contributed by atoms with van der Waals surface area (Å²) in [5.74, 6) is 0. The van der Waals surface area contributed by atoms with Crippen LogP contribution in [-0.4, -0.2) is 20.1 Å². The van der Waals surface area contributed by atoms with Crippen LogP contribution in [0.25, 0.3) is 11.1 Å². The minimum absolute atomic E-state index is 0.0550. The number of halogens is 1. The fourth-order valence-electron chi connectivity index (χ4n) is 1.41. The molecule has 0 bridgehead atoms. The third-order valence-corrected chi connectivity index (χ3v) is 3.21. The number of benzene rings is 1. The van der Waals surface area contributed by atoms with Crippen molar-refractivity contribution in [2.45, 2.75) is 0 Å². The van der Waals surface area contributed by atoms with Crippen LogP contribution in [-0.2, 0) is 0 Å². The summed E-state index contributed by atoms with van der Waals surface area (Å²) in [5, 5.41) is 0.720. The zero-order chi connectivity index (χ0) is 10.8. The van der Waals surface area contributed by atoms with Gasteiger partial charge in [0.25, 0.3) is 0 Å². The fourth-order valence-corrected chi connectivity index (χ4v) is 1.96. The molecular weight excluding hydrogens is 225 g/mol. The molecule has 0 unspecified atom stereocenters. The summed E-state index contributed by atoms with van der Waals surface area (Å²) in [6, 6.07) is 11.0. The lowest BCUT2D eigenvalue weighted by Crippen LogP contribution is -2.15. The Kier molecular flexibility index (Phi) is 2.97. The molecule has 2 rings (SSSR count). The zero-order valence-electron chi connectivity index (χ0n) is 8.27. The van der Waals surface area contributed by atoms with Gasteiger partial charge in [0, 0.05) is 11.1 Å². The number of hydrogen-bond donors (Lipinski definition) is 0. The Labute approximate surface area is 101 Å². The van der Waals surface area contributed by atoms with Crippen LogP contribution in [0.1, 0.15) is 0 Å². The van der Waals surface area contributed by atoms with Gasteiger partial charge in [0.15, 0.2) is 0 Å². The molecule has 0 amide bonds. The normalized spacial score (nSPS) is 10.2. The van der Waals surface area contributed by atoms with E-state index < -0.39 is 0 Å². The van der Waals surface area contributed by atoms with E-state index in [-0.39, 0.29) is 5.56 Å². The Morgan fingerprint density at radius 2 is 1.60 bits per heavy atom. The van der Waals surface area contributed by atoms with Gasteiger partial charge in [-0.1, -0.05) is 23.7 Å². The summed E-state index contributed by atoms with van der Waals surface area (Å²) in [6.07, 6.45) is 1.87. The van der Waals surface area contributed by atoms with Gasteiger partial charge < -0.3 is 3.55 Å². The van der Waals surface area contributed by atoms with E-state index in [1.807, 2.05) is 36.5 Å². The lowest BCUT2D eigenvalue weighted by Gasteiger charge is -2.04. The summed E-state index contributed by atoms with van der Waals surface area (Å²) >= 11 is 6.51. The van der Waals surface area contributed by atoms with Crippen LogP contribution in [0.4, 0.5) is 0 Å². The topological polar surface area (TPSA) is 22.0 Å². The Hall–Kier alpha value is -1.01. The van der Waals surface area contributed by atoms with Crippen LogP contribution in [0.3, 0.4) is 0 Å². The van der Waals surface area contributed by atoms with Crippen molar-refractivity contribution in [1.29, 1.82) is 0 Å². The largest absolute Gasteiger partial charge is 0.415 e. The molecule has 0 N–H and O–H groups in total. The first kappa shape index (κ1) is 10.5. The first-order valence-electron chi connectivity index (χ1n) is 4.59. The molecule has 0 saturated heterocycles. The molecule has 0 spiro atoms. The molecule has 1 aromatic carbocycles. The summed E-state index contributed by atoms with van der Waals surface area (Å²) < 4.78 is 1.70. The predicted octanol–water partition coefficient (Wildman–Crippen LogP) is 1.56. The summed E-state index contributed by atoms with van der Waals surface area (Å²) in [4.78, 5) is 11.2. The third-order valence-electron chi connectivity index (χ3n) is 2.26. The maximum absolute atomic E-state index is 11.2. The maximum atomic E-state index is 11.2. The van der Waals surface area contributed by atoms with Crippen molar-refractivity contribution >= 4 is 28.1 Å². The van der Waals surface area contributed by atoms with Crippen LogP contribution < -0.4 is 5.56 Å². The van der Waals surface area contributed by atoms with Crippen LogP contribution in [0.15, 0.2) is 47.4 Å². The average Bonchev–Trinajstić information content (AvgIpc) is 2.23. The molecule has 0 aliphatic carbocycles. The van der Waals surface area contributed by atoms with E-state index in [2.05, 4.69) is 0 Å². The van der Waals surface area contributed by atoms with Crippen molar-refractivity contribution in [2.24, 2.45) is 0 Å². The summed E-state index contributed by atoms with van der Waals surface area (Å²) in [6.45, 7) is 0. The highest BCUT2D eigenvalue weighted by Crippen LogP contribution is 2.19. The Morgan fingerprint density at radius 3 is 2.20 bits per heavy atom. The molecule has 0 atom stereocenters. The van der Waals surface area contributed by atoms with Crippen molar-refractivity contribution in [2.75, 3.05) is 0 Å². The van der Waals surface area contributed by atoms with Crippen molar-refractivity contribution < 1.29 is 0 Å². The molecule has 0 saturated carbocycles. The van der Waals surface area contributed by atoms with Gasteiger partial charge in [-0.15, -0.1) is 0 Å². The first-order chi connectivity index (χ1) is 7.16. The predicted molar refractivity (Wildman–Crippen MR) is 65.1 cm³/mol. The molecule has 0 aliphatic heterocycles. The second-order valence-corrected chi connectivity index (χ2v) is 4.77. The average molecular weight is 234 g/mol. The molecule has 74 valence electrons. The zero-order valence-corrected chi connectivity index (χ0v) is 11.0. The fraction of sp³-hybridized carbons (Fsp3) is 0. The second kappa shape index (κ2) is 4.24. The Morgan fingerprint density at radius 1 is 1.00 bits per heavy atom. The van der Waals surface area contributed by atoms with E-state index in [0.29, 0.717) is 16.5 Å². The van der Waals surface area contributed by atoms with Crippen molar-refractivity contribution in [1.82, 2.24) is 3.55 Å². The van der Waals surface area contributed by atoms with Gasteiger partial charge in [0.1, 0.15) is 0 Å². The number of hydrogen-bond acceptors (Lipinski definition) is 1. The molecule has 0 radical (unpaired) electrons. The summed E-state index contributed by atoms with van der Waals surface area (Å²) in [5.41, 5.74) is 2.17. The number of aromatic nitrogens is 1. The van der Waals surface area contributed by atoms with Crippen LogP contribution in [0.5, 0.6) is 0 Å². The molecule has 4 heteroatoms. The number of nitrogens with zero attached hydrogens (tertiary/aromatic N) is 1. The minimum atomic E-state index is 0.0550. The molecular formula is C11H9AlClNO. The highest BCUT2D eigenvalue weighted by Gasteiger charge is 1.98. The number of rotatable bonds is 1. The van der Waals surface area contributed by atoms with Gasteiger partial charge in [0.2, 0.25) is 5.56 Å². The van der Waals surface area contributed by atoms with Gasteiger partial charge in [-0.2, -0.15) is 0 Å². The standard InChI is InChI=1S/C11H8ClNO.Al.2H/c12-10-4-1-8(2-5-10)9-3-6-11(14)13-7-9;;;/h1-7H,(H,13,14);;;/q;+1;;/p-1. The van der Waals surface area contributed by atoms with Crippen LogP contribution >= 0.6 is 11.6 Å². The van der Waals surface area contributed by atoms with Gasteiger partial charge in [-0.3, -0.25) is 4.79 Å². The van der Waals surface area contributed by atoms with Gasteiger partial charge in [-0.25, -0.2) is 0 Å². The van der Waals surface area contributed by atoms with E-state index in [1.165, 1.54) is 0 Å². The van der Waals surface area contributed by atoms with Crippen molar-refractivity contribution in [3.05, 3.63) is 58.0 Å². The third kappa shape index (κ3) is 2.32. The lowest BCUT2D eigenvalue weighted by molar-refractivity contribution is 1.13. The van der Waals surface area contributed by atoms with Gasteiger partial charge in [0.05, 0.1) is 0 Å². The molecule has 0 fully saturated rings. The monoisotopic (exact) mass is 233 g/mol. The molecule has 2 nitrogen and oxygen atoms in total. The van der Waals surface area contributed by atoms with Crippen molar-refractivity contribution in [3.63, 3.8) is 0 Å². The van der Waals surface area contributed by atoms with Gasteiger partial charge >= 0.3 is 16.5 Å². The van der Waals surface area contributed by atoms with E-state index in [9.17, 15) is 4.79 Å². The summed E-state index contributed by atoms with van der Waals surface area (Å²) in [7, 11) is 0. The molecule has 15 heavy (non-hydrogen) atoms. The second-order valence-electron chi connectivity index (χ2n) is 3.37. The van der Waals surface area contributed by atoms with Crippen molar-refractivity contribution in [3.8, 4) is 11.1 Å². The van der Waals surface area contributed by atoms with Gasteiger partial charge in [-0.05, 0) is 35.5 Å². The Bertz CT molecular complexity index is 533. The van der Waals surface area contributed by atoms with E-state index in [0.717, 1.165) is 16.1 Å². The van der Waals surface area contributed by atoms with E-state index in [1.54, 1.807) is 9.62 Å². The highest BCUT2D eigenvalue weighted by atomic mass is 35.5. The maximum Gasteiger partial charge on any atom is 0.374 e. The first-order valence-corrected chi connectivity index (χ1v) is 5.87.